The lowest BCUT2D eigenvalue weighted by Crippen LogP contribution is -2.36. The summed E-state index contributed by atoms with van der Waals surface area (Å²) in [5.74, 6) is -1.51. The average Bonchev–Trinajstić information content (AvgIpc) is 2.34. The first-order chi connectivity index (χ1) is 8.56. The Labute approximate surface area is 113 Å². The van der Waals surface area contributed by atoms with E-state index < -0.39 is 18.4 Å². The first-order valence-electron chi connectivity index (χ1n) is 5.18. The molecule has 0 bridgehead atoms. The second kappa shape index (κ2) is 6.77. The molecule has 0 aliphatic carbocycles. The van der Waals surface area contributed by atoms with Crippen LogP contribution >= 0.6 is 15.9 Å². The quantitative estimate of drug-likeness (QED) is 0.900. The first-order valence-corrected chi connectivity index (χ1v) is 5.98. The SMILES string of the molecule is N#CCCN(CC(=O)O)C(=O)c1ccccc1Br. The second-order valence-electron chi connectivity index (χ2n) is 3.51. The van der Waals surface area contributed by atoms with Gasteiger partial charge in [-0.3, -0.25) is 9.59 Å². The third kappa shape index (κ3) is 3.86. The largest absolute Gasteiger partial charge is 0.480 e. The molecule has 18 heavy (non-hydrogen) atoms. The Kier molecular flexibility index (Phi) is 5.33. The zero-order valence-electron chi connectivity index (χ0n) is 9.47. The predicted molar refractivity (Wildman–Crippen MR) is 67.9 cm³/mol. The normalized spacial score (nSPS) is 9.56. The van der Waals surface area contributed by atoms with Crippen LogP contribution in [0.3, 0.4) is 0 Å². The van der Waals surface area contributed by atoms with Crippen LogP contribution in [0.5, 0.6) is 0 Å². The molecular weight excluding hydrogens is 300 g/mol. The molecule has 0 aliphatic heterocycles. The minimum atomic E-state index is -1.10. The molecule has 0 fully saturated rings. The third-order valence-electron chi connectivity index (χ3n) is 2.21. The molecule has 5 nitrogen and oxygen atoms in total. The van der Waals surface area contributed by atoms with Gasteiger partial charge in [0.05, 0.1) is 18.1 Å². The van der Waals surface area contributed by atoms with E-state index in [0.717, 1.165) is 4.90 Å². The Balaban J connectivity index is 2.92. The zero-order chi connectivity index (χ0) is 13.5. The molecule has 0 aliphatic rings. The Morgan fingerprint density at radius 1 is 1.39 bits per heavy atom. The van der Waals surface area contributed by atoms with Crippen molar-refractivity contribution in [2.24, 2.45) is 0 Å². The molecule has 94 valence electrons. The minimum absolute atomic E-state index is 0.100. The van der Waals surface area contributed by atoms with E-state index in [0.29, 0.717) is 10.0 Å². The van der Waals surface area contributed by atoms with Crippen molar-refractivity contribution >= 4 is 27.8 Å². The van der Waals surface area contributed by atoms with Gasteiger partial charge in [-0.15, -0.1) is 0 Å². The van der Waals surface area contributed by atoms with Crippen LogP contribution in [0.4, 0.5) is 0 Å². The molecule has 6 heteroatoms. The van der Waals surface area contributed by atoms with Gasteiger partial charge < -0.3 is 10.0 Å². The van der Waals surface area contributed by atoms with E-state index in [9.17, 15) is 9.59 Å². The zero-order valence-corrected chi connectivity index (χ0v) is 11.1. The first kappa shape index (κ1) is 14.2. The molecule has 0 heterocycles. The van der Waals surface area contributed by atoms with E-state index in [1.165, 1.54) is 0 Å². The predicted octanol–water partition coefficient (Wildman–Crippen LogP) is 1.89. The number of carbonyl (C=O) groups is 2. The maximum Gasteiger partial charge on any atom is 0.323 e. The average molecular weight is 311 g/mol. The van der Waals surface area contributed by atoms with Crippen LogP contribution in [0.25, 0.3) is 0 Å². The van der Waals surface area contributed by atoms with Crippen LogP contribution in [0.1, 0.15) is 16.8 Å². The van der Waals surface area contributed by atoms with Crippen molar-refractivity contribution in [1.82, 2.24) is 4.90 Å². The van der Waals surface area contributed by atoms with Gasteiger partial charge >= 0.3 is 5.97 Å². The van der Waals surface area contributed by atoms with Crippen LogP contribution in [0, 0.1) is 11.3 Å². The van der Waals surface area contributed by atoms with Crippen molar-refractivity contribution < 1.29 is 14.7 Å². The lowest BCUT2D eigenvalue weighted by Gasteiger charge is -2.19. The number of carbonyl (C=O) groups excluding carboxylic acids is 1. The van der Waals surface area contributed by atoms with E-state index in [4.69, 9.17) is 10.4 Å². The molecular formula is C12H11BrN2O3. The van der Waals surface area contributed by atoms with E-state index in [1.807, 2.05) is 6.07 Å². The number of halogens is 1. The third-order valence-corrected chi connectivity index (χ3v) is 2.90. The van der Waals surface area contributed by atoms with Crippen molar-refractivity contribution in [3.05, 3.63) is 34.3 Å². The summed E-state index contributed by atoms with van der Waals surface area (Å²) in [5, 5.41) is 17.3. The number of carboxylic acid groups (broad SMARTS) is 1. The number of rotatable bonds is 5. The van der Waals surface area contributed by atoms with E-state index >= 15 is 0 Å². The number of nitriles is 1. The highest BCUT2D eigenvalue weighted by Gasteiger charge is 2.19. The molecule has 1 aromatic rings. The highest BCUT2D eigenvalue weighted by Crippen LogP contribution is 2.17. The molecule has 0 atom stereocenters. The van der Waals surface area contributed by atoms with Crippen molar-refractivity contribution in [3.63, 3.8) is 0 Å². The maximum absolute atomic E-state index is 12.1. The molecule has 0 spiro atoms. The number of nitrogens with zero attached hydrogens (tertiary/aromatic N) is 2. The Morgan fingerprint density at radius 2 is 2.06 bits per heavy atom. The van der Waals surface area contributed by atoms with Crippen LogP contribution in [0.2, 0.25) is 0 Å². The fraction of sp³-hybridized carbons (Fsp3) is 0.250. The molecule has 0 unspecified atom stereocenters. The summed E-state index contributed by atoms with van der Waals surface area (Å²) in [6.07, 6.45) is 0.101. The Bertz CT molecular complexity index is 496. The van der Waals surface area contributed by atoms with Gasteiger partial charge in [-0.1, -0.05) is 12.1 Å². The monoisotopic (exact) mass is 310 g/mol. The Morgan fingerprint density at radius 3 is 2.61 bits per heavy atom. The lowest BCUT2D eigenvalue weighted by atomic mass is 10.2. The minimum Gasteiger partial charge on any atom is -0.480 e. The number of hydrogen-bond acceptors (Lipinski definition) is 3. The van der Waals surface area contributed by atoms with E-state index in [-0.39, 0.29) is 13.0 Å². The van der Waals surface area contributed by atoms with Crippen molar-refractivity contribution in [3.8, 4) is 6.07 Å². The lowest BCUT2D eigenvalue weighted by molar-refractivity contribution is -0.137. The van der Waals surface area contributed by atoms with Gasteiger partial charge in [0.1, 0.15) is 6.54 Å². The van der Waals surface area contributed by atoms with Gasteiger partial charge in [0, 0.05) is 11.0 Å². The number of amides is 1. The van der Waals surface area contributed by atoms with Gasteiger partial charge in [0.2, 0.25) is 0 Å². The van der Waals surface area contributed by atoms with Crippen LogP contribution in [-0.2, 0) is 4.79 Å². The standard InChI is InChI=1S/C12H11BrN2O3/c13-10-5-2-1-4-9(10)12(18)15(7-3-6-14)8-11(16)17/h1-2,4-5H,3,7-8H2,(H,16,17). The van der Waals surface area contributed by atoms with Gasteiger partial charge in [0.25, 0.3) is 5.91 Å². The summed E-state index contributed by atoms with van der Waals surface area (Å²) in [7, 11) is 0. The van der Waals surface area contributed by atoms with Crippen LogP contribution in [-0.4, -0.2) is 35.0 Å². The molecule has 0 aromatic heterocycles. The van der Waals surface area contributed by atoms with Crippen molar-refractivity contribution in [1.29, 1.82) is 5.26 Å². The maximum atomic E-state index is 12.1. The van der Waals surface area contributed by atoms with Crippen molar-refractivity contribution in [2.75, 3.05) is 13.1 Å². The molecule has 0 saturated heterocycles. The molecule has 0 saturated carbocycles. The highest BCUT2D eigenvalue weighted by molar-refractivity contribution is 9.10. The van der Waals surface area contributed by atoms with Gasteiger partial charge in [-0.2, -0.15) is 5.26 Å². The number of benzene rings is 1. The second-order valence-corrected chi connectivity index (χ2v) is 4.36. The summed E-state index contributed by atoms with van der Waals surface area (Å²) in [6.45, 7) is -0.315. The molecule has 1 aromatic carbocycles. The summed E-state index contributed by atoms with van der Waals surface area (Å²) in [4.78, 5) is 24.0. The van der Waals surface area contributed by atoms with Crippen molar-refractivity contribution in [2.45, 2.75) is 6.42 Å². The smallest absolute Gasteiger partial charge is 0.323 e. The van der Waals surface area contributed by atoms with E-state index in [2.05, 4.69) is 15.9 Å². The van der Waals surface area contributed by atoms with Crippen LogP contribution < -0.4 is 0 Å². The summed E-state index contributed by atoms with van der Waals surface area (Å²) >= 11 is 3.24. The molecule has 1 amide bonds. The van der Waals surface area contributed by atoms with Gasteiger partial charge in [-0.05, 0) is 28.1 Å². The highest BCUT2D eigenvalue weighted by atomic mass is 79.9. The molecule has 1 rings (SSSR count). The summed E-state index contributed by atoms with van der Waals surface area (Å²) < 4.78 is 0.599. The number of hydrogen-bond donors (Lipinski definition) is 1. The number of carboxylic acids is 1. The summed E-state index contributed by atoms with van der Waals surface area (Å²) in [6, 6.07) is 8.66. The van der Waals surface area contributed by atoms with Gasteiger partial charge in [-0.25, -0.2) is 0 Å². The number of aliphatic carboxylic acids is 1. The topological polar surface area (TPSA) is 81.4 Å². The molecule has 1 N–H and O–H groups in total. The summed E-state index contributed by atoms with van der Waals surface area (Å²) in [5.41, 5.74) is 0.386. The van der Waals surface area contributed by atoms with Crippen LogP contribution in [0.15, 0.2) is 28.7 Å². The van der Waals surface area contributed by atoms with E-state index in [1.54, 1.807) is 24.3 Å². The van der Waals surface area contributed by atoms with Gasteiger partial charge in [0.15, 0.2) is 0 Å². The Hall–Kier alpha value is -1.87. The fourth-order valence-electron chi connectivity index (χ4n) is 1.41. The fourth-order valence-corrected chi connectivity index (χ4v) is 1.86. The molecule has 0 radical (unpaired) electrons.